The average molecular weight is 388 g/mol. The van der Waals surface area contributed by atoms with Crippen molar-refractivity contribution in [1.29, 1.82) is 0 Å². The third kappa shape index (κ3) is 3.85. The highest BCUT2D eigenvalue weighted by Crippen LogP contribution is 2.27. The molecule has 0 fully saturated rings. The SMILES string of the molecule is CC(C)(C)OC(=O)N1CC[C@H](N)c2cc(I)ccc2C1. The Morgan fingerprint density at radius 3 is 2.80 bits per heavy atom. The van der Waals surface area contributed by atoms with Gasteiger partial charge in [-0.05, 0) is 73.0 Å². The minimum Gasteiger partial charge on any atom is -0.444 e. The van der Waals surface area contributed by atoms with Crippen LogP contribution in [0, 0.1) is 3.57 Å². The lowest BCUT2D eigenvalue weighted by Gasteiger charge is -2.26. The summed E-state index contributed by atoms with van der Waals surface area (Å²) in [6, 6.07) is 6.19. The van der Waals surface area contributed by atoms with Crippen molar-refractivity contribution >= 4 is 28.7 Å². The topological polar surface area (TPSA) is 55.6 Å². The minimum atomic E-state index is -0.472. The molecule has 0 bridgehead atoms. The molecule has 0 radical (unpaired) electrons. The molecule has 0 saturated heterocycles. The summed E-state index contributed by atoms with van der Waals surface area (Å²) < 4.78 is 6.62. The van der Waals surface area contributed by atoms with Gasteiger partial charge in [0, 0.05) is 22.7 Å². The van der Waals surface area contributed by atoms with Crippen LogP contribution in [0.4, 0.5) is 4.79 Å². The van der Waals surface area contributed by atoms with E-state index in [0.717, 1.165) is 17.5 Å². The Balaban J connectivity index is 2.20. The molecule has 1 aliphatic rings. The molecule has 0 aliphatic carbocycles. The first-order valence-electron chi connectivity index (χ1n) is 6.78. The number of ether oxygens (including phenoxy) is 1. The molecule has 1 aromatic rings. The number of benzene rings is 1. The van der Waals surface area contributed by atoms with Gasteiger partial charge < -0.3 is 15.4 Å². The first kappa shape index (κ1) is 15.6. The second-order valence-electron chi connectivity index (χ2n) is 6.14. The Morgan fingerprint density at radius 1 is 1.45 bits per heavy atom. The van der Waals surface area contributed by atoms with E-state index in [1.807, 2.05) is 26.8 Å². The van der Waals surface area contributed by atoms with Gasteiger partial charge in [-0.25, -0.2) is 4.79 Å². The molecule has 0 saturated carbocycles. The second kappa shape index (κ2) is 5.89. The van der Waals surface area contributed by atoms with Gasteiger partial charge >= 0.3 is 6.09 Å². The minimum absolute atomic E-state index is 0.0212. The summed E-state index contributed by atoms with van der Waals surface area (Å²) in [6.07, 6.45) is 0.489. The van der Waals surface area contributed by atoms with Crippen LogP contribution in [0.1, 0.15) is 44.4 Å². The number of hydrogen-bond donors (Lipinski definition) is 1. The largest absolute Gasteiger partial charge is 0.444 e. The van der Waals surface area contributed by atoms with Gasteiger partial charge in [0.25, 0.3) is 0 Å². The third-order valence-electron chi connectivity index (χ3n) is 3.23. The molecule has 5 heteroatoms. The number of rotatable bonds is 0. The molecular weight excluding hydrogens is 367 g/mol. The third-order valence-corrected chi connectivity index (χ3v) is 3.90. The van der Waals surface area contributed by atoms with E-state index in [1.165, 1.54) is 3.57 Å². The number of nitrogens with two attached hydrogens (primary N) is 1. The van der Waals surface area contributed by atoms with Gasteiger partial charge in [0.15, 0.2) is 0 Å². The molecule has 0 aromatic heterocycles. The van der Waals surface area contributed by atoms with Gasteiger partial charge in [-0.2, -0.15) is 0 Å². The average Bonchev–Trinajstić information content (AvgIpc) is 2.48. The van der Waals surface area contributed by atoms with Crippen LogP contribution in [-0.4, -0.2) is 23.1 Å². The lowest BCUT2D eigenvalue weighted by Crippen LogP contribution is -2.36. The van der Waals surface area contributed by atoms with Gasteiger partial charge in [0.1, 0.15) is 5.60 Å². The van der Waals surface area contributed by atoms with Crippen molar-refractivity contribution in [3.63, 3.8) is 0 Å². The Morgan fingerprint density at radius 2 is 2.15 bits per heavy atom. The van der Waals surface area contributed by atoms with E-state index in [4.69, 9.17) is 10.5 Å². The number of carbonyl (C=O) groups is 1. The van der Waals surface area contributed by atoms with Crippen molar-refractivity contribution in [2.24, 2.45) is 5.73 Å². The Kier molecular flexibility index (Phi) is 4.59. The van der Waals surface area contributed by atoms with Gasteiger partial charge in [-0.15, -0.1) is 0 Å². The van der Waals surface area contributed by atoms with Crippen molar-refractivity contribution in [3.8, 4) is 0 Å². The maximum Gasteiger partial charge on any atom is 0.410 e. The summed E-state index contributed by atoms with van der Waals surface area (Å²) in [4.78, 5) is 14.0. The molecule has 1 amide bonds. The zero-order chi connectivity index (χ0) is 14.9. The summed E-state index contributed by atoms with van der Waals surface area (Å²) >= 11 is 2.28. The smallest absolute Gasteiger partial charge is 0.410 e. The molecule has 20 heavy (non-hydrogen) atoms. The molecule has 1 atom stereocenters. The summed E-state index contributed by atoms with van der Waals surface area (Å²) in [5, 5.41) is 0. The van der Waals surface area contributed by atoms with E-state index < -0.39 is 5.60 Å². The molecule has 4 nitrogen and oxygen atoms in total. The molecule has 0 unspecified atom stereocenters. The van der Waals surface area contributed by atoms with E-state index in [-0.39, 0.29) is 12.1 Å². The van der Waals surface area contributed by atoms with Gasteiger partial charge in [0.05, 0.1) is 0 Å². The Labute approximate surface area is 133 Å². The van der Waals surface area contributed by atoms with E-state index >= 15 is 0 Å². The molecule has 1 heterocycles. The van der Waals surface area contributed by atoms with Crippen LogP contribution in [0.15, 0.2) is 18.2 Å². The molecule has 110 valence electrons. The van der Waals surface area contributed by atoms with Crippen molar-refractivity contribution < 1.29 is 9.53 Å². The predicted molar refractivity (Wildman–Crippen MR) is 87.3 cm³/mol. The molecule has 2 N–H and O–H groups in total. The highest BCUT2D eigenvalue weighted by molar-refractivity contribution is 14.1. The number of carbonyl (C=O) groups excluding carboxylic acids is 1. The molecular formula is C15H21IN2O2. The molecule has 0 spiro atoms. The first-order valence-corrected chi connectivity index (χ1v) is 7.86. The Bertz CT molecular complexity index is 511. The fourth-order valence-corrected chi connectivity index (χ4v) is 2.79. The number of amides is 1. The van der Waals surface area contributed by atoms with E-state index in [2.05, 4.69) is 34.7 Å². The quantitative estimate of drug-likeness (QED) is 0.693. The van der Waals surface area contributed by atoms with Crippen LogP contribution in [0.3, 0.4) is 0 Å². The highest BCUT2D eigenvalue weighted by atomic mass is 127. The van der Waals surface area contributed by atoms with Gasteiger partial charge in [0.2, 0.25) is 0 Å². The Hall–Kier alpha value is -0.820. The predicted octanol–water partition coefficient (Wildman–Crippen LogP) is 3.43. The maximum absolute atomic E-state index is 12.2. The number of fused-ring (bicyclic) bond motifs is 1. The maximum atomic E-state index is 12.2. The first-order chi connectivity index (χ1) is 9.26. The highest BCUT2D eigenvalue weighted by Gasteiger charge is 2.26. The molecule has 1 aromatic carbocycles. The standard InChI is InChI=1S/C15H21IN2O2/c1-15(2,3)20-14(19)18-7-6-13(17)12-8-11(16)5-4-10(12)9-18/h4-5,8,13H,6-7,9,17H2,1-3H3/t13-/m0/s1. The van der Waals surface area contributed by atoms with Crippen LogP contribution < -0.4 is 5.73 Å². The van der Waals surface area contributed by atoms with Crippen LogP contribution in [0.5, 0.6) is 0 Å². The van der Waals surface area contributed by atoms with Crippen LogP contribution >= 0.6 is 22.6 Å². The van der Waals surface area contributed by atoms with Crippen LogP contribution in [0.2, 0.25) is 0 Å². The summed E-state index contributed by atoms with van der Waals surface area (Å²) in [5.41, 5.74) is 8.00. The summed E-state index contributed by atoms with van der Waals surface area (Å²) in [5.74, 6) is 0. The zero-order valence-corrected chi connectivity index (χ0v) is 14.3. The lowest BCUT2D eigenvalue weighted by atomic mass is 10.0. The van der Waals surface area contributed by atoms with E-state index in [1.54, 1.807) is 4.90 Å². The monoisotopic (exact) mass is 388 g/mol. The summed E-state index contributed by atoms with van der Waals surface area (Å²) in [7, 11) is 0. The van der Waals surface area contributed by atoms with Crippen molar-refractivity contribution in [2.45, 2.75) is 45.4 Å². The molecule has 2 rings (SSSR count). The van der Waals surface area contributed by atoms with Gasteiger partial charge in [-0.1, -0.05) is 6.07 Å². The van der Waals surface area contributed by atoms with Crippen molar-refractivity contribution in [3.05, 3.63) is 32.9 Å². The van der Waals surface area contributed by atoms with Gasteiger partial charge in [-0.3, -0.25) is 0 Å². The van der Waals surface area contributed by atoms with E-state index in [9.17, 15) is 4.79 Å². The number of halogens is 1. The van der Waals surface area contributed by atoms with Crippen LogP contribution in [-0.2, 0) is 11.3 Å². The zero-order valence-electron chi connectivity index (χ0n) is 12.1. The summed E-state index contributed by atoms with van der Waals surface area (Å²) in [6.45, 7) is 6.83. The van der Waals surface area contributed by atoms with Crippen LogP contribution in [0.25, 0.3) is 0 Å². The van der Waals surface area contributed by atoms with E-state index in [0.29, 0.717) is 13.1 Å². The number of hydrogen-bond acceptors (Lipinski definition) is 3. The second-order valence-corrected chi connectivity index (χ2v) is 7.39. The number of nitrogens with zero attached hydrogens (tertiary/aromatic N) is 1. The normalized spacial score (nSPS) is 19.2. The fraction of sp³-hybridized carbons (Fsp3) is 0.533. The van der Waals surface area contributed by atoms with Crippen molar-refractivity contribution in [1.82, 2.24) is 4.90 Å². The lowest BCUT2D eigenvalue weighted by molar-refractivity contribution is 0.0235. The fourth-order valence-electron chi connectivity index (χ4n) is 2.27. The van der Waals surface area contributed by atoms with Crippen molar-refractivity contribution in [2.75, 3.05) is 6.54 Å². The molecule has 1 aliphatic heterocycles.